The number of carbonyl (C=O) groups is 3. The van der Waals surface area contributed by atoms with E-state index in [2.05, 4.69) is 5.32 Å². The number of nitrogens with one attached hydrogen (secondary N) is 1. The minimum atomic E-state index is -1.44. The second-order valence-corrected chi connectivity index (χ2v) is 11.9. The number of Topliss-reactive ketones (excluding diaryl/α,β-unsaturated/α-hetero) is 1. The maximum Gasteiger partial charge on any atom is 0.314 e. The summed E-state index contributed by atoms with van der Waals surface area (Å²) >= 11 is 0. The molecule has 5 aromatic carbocycles. The van der Waals surface area contributed by atoms with Crippen LogP contribution in [0.4, 0.5) is 11.4 Å². The van der Waals surface area contributed by atoms with E-state index in [1.807, 2.05) is 144 Å². The van der Waals surface area contributed by atoms with E-state index in [-0.39, 0.29) is 11.7 Å². The Labute approximate surface area is 267 Å². The molecule has 3 heterocycles. The number of carbonyl (C=O) groups excluding carboxylic acids is 3. The number of anilines is 2. The third-order valence-electron chi connectivity index (χ3n) is 9.56. The minimum absolute atomic E-state index is 0.248. The normalized spacial score (nSPS) is 22.2. The molecule has 0 bridgehead atoms. The average molecular weight is 603 g/mol. The number of esters is 1. The van der Waals surface area contributed by atoms with E-state index in [0.29, 0.717) is 16.8 Å². The number of benzene rings is 5. The van der Waals surface area contributed by atoms with Gasteiger partial charge in [-0.3, -0.25) is 14.4 Å². The molecule has 3 aliphatic heterocycles. The second-order valence-electron chi connectivity index (χ2n) is 11.9. The monoisotopic (exact) mass is 602 g/mol. The van der Waals surface area contributed by atoms with Gasteiger partial charge in [0.2, 0.25) is 5.91 Å². The lowest BCUT2D eigenvalue weighted by Crippen LogP contribution is -2.51. The van der Waals surface area contributed by atoms with Gasteiger partial charge in [-0.05, 0) is 34.4 Å². The Balaban J connectivity index is 1.36. The molecule has 1 saturated heterocycles. The number of ether oxygens (including phenoxy) is 1. The van der Waals surface area contributed by atoms with Gasteiger partial charge in [-0.15, -0.1) is 0 Å². The number of hydrogen-bond acceptors (Lipinski definition) is 5. The van der Waals surface area contributed by atoms with Gasteiger partial charge in [-0.1, -0.05) is 140 Å². The van der Waals surface area contributed by atoms with Crippen LogP contribution >= 0.6 is 0 Å². The Morgan fingerprint density at radius 1 is 0.717 bits per heavy atom. The van der Waals surface area contributed by atoms with Gasteiger partial charge >= 0.3 is 5.97 Å². The second kappa shape index (κ2) is 11.0. The van der Waals surface area contributed by atoms with Crippen molar-refractivity contribution in [2.45, 2.75) is 23.6 Å². The van der Waals surface area contributed by atoms with Crippen molar-refractivity contribution < 1.29 is 19.1 Å². The highest BCUT2D eigenvalue weighted by Gasteiger charge is 2.71. The Kier molecular flexibility index (Phi) is 6.64. The lowest BCUT2D eigenvalue weighted by atomic mass is 9.66. The summed E-state index contributed by atoms with van der Waals surface area (Å²) in [7, 11) is 0. The molecule has 1 fully saturated rings. The number of hydrogen-bond donors (Lipinski definition) is 1. The molecule has 1 amide bonds. The van der Waals surface area contributed by atoms with Gasteiger partial charge < -0.3 is 15.0 Å². The summed E-state index contributed by atoms with van der Waals surface area (Å²) in [6.45, 7) is 0. The summed E-state index contributed by atoms with van der Waals surface area (Å²) in [5, 5.41) is 3.07. The third kappa shape index (κ3) is 4.14. The molecule has 8 rings (SSSR count). The molecule has 0 aromatic heterocycles. The summed E-state index contributed by atoms with van der Waals surface area (Å²) in [5.74, 6) is -2.37. The van der Waals surface area contributed by atoms with Crippen LogP contribution in [0.15, 0.2) is 146 Å². The number of fused-ring (bicyclic) bond motifs is 6. The molecule has 1 spiro atoms. The molecule has 4 atom stereocenters. The van der Waals surface area contributed by atoms with Gasteiger partial charge in [0, 0.05) is 16.9 Å². The van der Waals surface area contributed by atoms with Crippen molar-refractivity contribution in [1.82, 2.24) is 0 Å². The molecular weight excluding hydrogens is 572 g/mol. The molecule has 0 radical (unpaired) electrons. The first-order valence-corrected chi connectivity index (χ1v) is 15.4. The molecule has 0 unspecified atom stereocenters. The first-order chi connectivity index (χ1) is 22.6. The lowest BCUT2D eigenvalue weighted by molar-refractivity contribution is -0.156. The van der Waals surface area contributed by atoms with Crippen molar-refractivity contribution in [3.05, 3.63) is 173 Å². The quantitative estimate of drug-likeness (QED) is 0.168. The SMILES string of the molecule is O=C(OC(c1ccccc1)c1ccccc1)[C@@H]1[C@H](C(=O)c2ccccc2)N2c3ccccc3C=C[C@H]2[C@@]12C(=O)Nc1ccccc12. The smallest absolute Gasteiger partial charge is 0.314 e. The third-order valence-corrected chi connectivity index (χ3v) is 9.56. The van der Waals surface area contributed by atoms with Crippen molar-refractivity contribution in [3.63, 3.8) is 0 Å². The van der Waals surface area contributed by atoms with Crippen LogP contribution in [0.3, 0.4) is 0 Å². The first-order valence-electron chi connectivity index (χ1n) is 15.4. The van der Waals surface area contributed by atoms with E-state index < -0.39 is 35.5 Å². The van der Waals surface area contributed by atoms with Crippen molar-refractivity contribution in [2.24, 2.45) is 5.92 Å². The Hall–Kier alpha value is -5.75. The highest BCUT2D eigenvalue weighted by atomic mass is 16.5. The van der Waals surface area contributed by atoms with E-state index in [4.69, 9.17) is 4.74 Å². The van der Waals surface area contributed by atoms with Crippen LogP contribution in [0.25, 0.3) is 6.08 Å². The Bertz CT molecular complexity index is 1950. The predicted molar refractivity (Wildman–Crippen MR) is 177 cm³/mol. The molecule has 6 nitrogen and oxygen atoms in total. The van der Waals surface area contributed by atoms with Crippen molar-refractivity contribution in [1.29, 1.82) is 0 Å². The highest BCUT2D eigenvalue weighted by molar-refractivity contribution is 6.15. The van der Waals surface area contributed by atoms with Crippen LogP contribution in [0.1, 0.15) is 38.7 Å². The summed E-state index contributed by atoms with van der Waals surface area (Å²) in [6, 6.07) is 41.7. The van der Waals surface area contributed by atoms with Crippen LogP contribution in [-0.2, 0) is 19.7 Å². The number of para-hydroxylation sites is 2. The summed E-state index contributed by atoms with van der Waals surface area (Å²) in [6.07, 6.45) is 3.20. The fourth-order valence-corrected chi connectivity index (χ4v) is 7.63. The molecule has 5 aromatic rings. The van der Waals surface area contributed by atoms with Crippen LogP contribution in [0.5, 0.6) is 0 Å². The highest BCUT2D eigenvalue weighted by Crippen LogP contribution is 2.58. The summed E-state index contributed by atoms with van der Waals surface area (Å²) in [5.41, 5.74) is 3.62. The van der Waals surface area contributed by atoms with E-state index in [1.54, 1.807) is 12.1 Å². The number of amides is 1. The zero-order valence-electron chi connectivity index (χ0n) is 24.8. The van der Waals surface area contributed by atoms with Crippen LogP contribution < -0.4 is 10.2 Å². The summed E-state index contributed by atoms with van der Waals surface area (Å²) in [4.78, 5) is 46.5. The first kappa shape index (κ1) is 27.8. The van der Waals surface area contributed by atoms with E-state index in [0.717, 1.165) is 22.4 Å². The van der Waals surface area contributed by atoms with Gasteiger partial charge in [0.15, 0.2) is 11.9 Å². The standard InChI is InChI=1S/C40H30N2O4/c43-36(27-15-4-1-5-16-27)35-34(38(44)46-37(28-17-6-2-7-18-28)29-19-8-3-9-20-29)40(30-21-11-12-22-31(30)41-39(40)45)33-25-24-26-14-10-13-23-32(26)42(33)35/h1-25,33-35,37H,(H,41,45)/t33-,34-,35+,40+/m0/s1. The molecular formula is C40H30N2O4. The fourth-order valence-electron chi connectivity index (χ4n) is 7.63. The predicted octanol–water partition coefficient (Wildman–Crippen LogP) is 6.99. The molecule has 0 aliphatic carbocycles. The number of nitrogens with zero attached hydrogens (tertiary/aromatic N) is 1. The Morgan fingerprint density at radius 3 is 2.00 bits per heavy atom. The molecule has 6 heteroatoms. The van der Waals surface area contributed by atoms with Crippen molar-refractivity contribution >= 4 is 35.1 Å². The van der Waals surface area contributed by atoms with Gasteiger partial charge in [0.25, 0.3) is 0 Å². The van der Waals surface area contributed by atoms with Gasteiger partial charge in [0.05, 0.1) is 6.04 Å². The topological polar surface area (TPSA) is 75.7 Å². The van der Waals surface area contributed by atoms with E-state index in [1.165, 1.54) is 0 Å². The molecule has 46 heavy (non-hydrogen) atoms. The van der Waals surface area contributed by atoms with E-state index in [9.17, 15) is 9.59 Å². The minimum Gasteiger partial charge on any atom is -0.452 e. The fraction of sp³-hybridized carbons (Fsp3) is 0.125. The molecule has 1 N–H and O–H groups in total. The molecule has 0 saturated carbocycles. The maximum atomic E-state index is 15.1. The van der Waals surface area contributed by atoms with Gasteiger partial charge in [-0.25, -0.2) is 0 Å². The van der Waals surface area contributed by atoms with Crippen LogP contribution in [0.2, 0.25) is 0 Å². The maximum absolute atomic E-state index is 15.1. The zero-order chi connectivity index (χ0) is 31.3. The number of ketones is 1. The molecule has 3 aliphatic rings. The van der Waals surface area contributed by atoms with Crippen LogP contribution in [0, 0.1) is 5.92 Å². The number of rotatable bonds is 6. The van der Waals surface area contributed by atoms with Crippen molar-refractivity contribution in [2.75, 3.05) is 10.2 Å². The van der Waals surface area contributed by atoms with Crippen molar-refractivity contribution in [3.8, 4) is 0 Å². The largest absolute Gasteiger partial charge is 0.452 e. The Morgan fingerprint density at radius 2 is 1.30 bits per heavy atom. The lowest BCUT2D eigenvalue weighted by Gasteiger charge is -2.37. The zero-order valence-corrected chi connectivity index (χ0v) is 24.8. The van der Waals surface area contributed by atoms with E-state index >= 15 is 4.79 Å². The van der Waals surface area contributed by atoms with Gasteiger partial charge in [0.1, 0.15) is 17.4 Å². The summed E-state index contributed by atoms with van der Waals surface area (Å²) < 4.78 is 6.55. The van der Waals surface area contributed by atoms with Crippen LogP contribution in [-0.4, -0.2) is 29.7 Å². The molecule has 224 valence electrons. The van der Waals surface area contributed by atoms with Gasteiger partial charge in [-0.2, -0.15) is 0 Å². The average Bonchev–Trinajstić information content (AvgIpc) is 3.60.